The van der Waals surface area contributed by atoms with Crippen LogP contribution in [-0.2, 0) is 5.41 Å². The summed E-state index contributed by atoms with van der Waals surface area (Å²) in [6, 6.07) is 15.5. The summed E-state index contributed by atoms with van der Waals surface area (Å²) >= 11 is 0. The number of aromatic nitrogens is 1. The monoisotopic (exact) mass is 322 g/mol. The number of ether oxygens (including phenoxy) is 1. The van der Waals surface area contributed by atoms with Gasteiger partial charge in [0.1, 0.15) is 5.75 Å². The number of nitrogens with one attached hydrogen (secondary N) is 2. The third-order valence-corrected chi connectivity index (χ3v) is 4.36. The van der Waals surface area contributed by atoms with Crippen LogP contribution in [0.2, 0.25) is 0 Å². The van der Waals surface area contributed by atoms with Crippen LogP contribution in [0.5, 0.6) is 5.75 Å². The molecule has 0 spiro atoms. The zero-order valence-electron chi connectivity index (χ0n) is 14.2. The average Bonchev–Trinajstić information content (AvgIpc) is 3.04. The van der Waals surface area contributed by atoms with Gasteiger partial charge in [-0.2, -0.15) is 0 Å². The first-order valence-electron chi connectivity index (χ1n) is 8.01. The molecule has 0 aliphatic heterocycles. The smallest absolute Gasteiger partial charge is 0.255 e. The molecule has 24 heavy (non-hydrogen) atoms. The van der Waals surface area contributed by atoms with Crippen molar-refractivity contribution in [3.63, 3.8) is 0 Å². The Kier molecular flexibility index (Phi) is 4.30. The van der Waals surface area contributed by atoms with Gasteiger partial charge >= 0.3 is 0 Å². The Morgan fingerprint density at radius 3 is 2.62 bits per heavy atom. The van der Waals surface area contributed by atoms with Crippen LogP contribution in [0.15, 0.2) is 54.7 Å². The van der Waals surface area contributed by atoms with Crippen molar-refractivity contribution in [3.05, 3.63) is 65.9 Å². The lowest BCUT2D eigenvalue weighted by Crippen LogP contribution is -2.36. The van der Waals surface area contributed by atoms with Crippen LogP contribution in [0.3, 0.4) is 0 Å². The SMILES string of the molecule is COc1ccccc1C(=O)NCC(C)(C)c1c[nH]c2ccccc12. The first-order valence-corrected chi connectivity index (χ1v) is 8.01. The van der Waals surface area contributed by atoms with E-state index in [4.69, 9.17) is 4.74 Å². The molecule has 2 aromatic carbocycles. The molecule has 3 aromatic rings. The van der Waals surface area contributed by atoms with Crippen molar-refractivity contribution in [2.24, 2.45) is 0 Å². The molecule has 0 aliphatic carbocycles. The maximum absolute atomic E-state index is 12.5. The van der Waals surface area contributed by atoms with Crippen molar-refractivity contribution in [2.45, 2.75) is 19.3 Å². The molecule has 0 saturated heterocycles. The molecule has 0 saturated carbocycles. The predicted octanol–water partition coefficient (Wildman–Crippen LogP) is 3.88. The van der Waals surface area contributed by atoms with E-state index in [0.29, 0.717) is 17.9 Å². The van der Waals surface area contributed by atoms with E-state index < -0.39 is 0 Å². The minimum atomic E-state index is -0.197. The fraction of sp³-hybridized carbons (Fsp3) is 0.250. The molecule has 4 heteroatoms. The quantitative estimate of drug-likeness (QED) is 0.749. The number of para-hydroxylation sites is 2. The van der Waals surface area contributed by atoms with Crippen molar-refractivity contribution < 1.29 is 9.53 Å². The molecule has 124 valence electrons. The van der Waals surface area contributed by atoms with Gasteiger partial charge in [-0.1, -0.05) is 44.2 Å². The van der Waals surface area contributed by atoms with Crippen molar-refractivity contribution in [1.29, 1.82) is 0 Å². The lowest BCUT2D eigenvalue weighted by atomic mass is 9.84. The second kappa shape index (κ2) is 6.40. The van der Waals surface area contributed by atoms with Crippen LogP contribution in [0.25, 0.3) is 10.9 Å². The van der Waals surface area contributed by atoms with Gasteiger partial charge < -0.3 is 15.0 Å². The summed E-state index contributed by atoms with van der Waals surface area (Å²) in [4.78, 5) is 15.8. The highest BCUT2D eigenvalue weighted by Crippen LogP contribution is 2.30. The second-order valence-electron chi connectivity index (χ2n) is 6.51. The van der Waals surface area contributed by atoms with Gasteiger partial charge in [0.25, 0.3) is 5.91 Å². The van der Waals surface area contributed by atoms with Crippen LogP contribution in [-0.4, -0.2) is 24.5 Å². The van der Waals surface area contributed by atoms with Crippen LogP contribution in [0, 0.1) is 0 Å². The zero-order valence-corrected chi connectivity index (χ0v) is 14.2. The third-order valence-electron chi connectivity index (χ3n) is 4.36. The van der Waals surface area contributed by atoms with Gasteiger partial charge in [0, 0.05) is 29.1 Å². The molecule has 0 atom stereocenters. The Hall–Kier alpha value is -2.75. The molecule has 0 radical (unpaired) electrons. The highest BCUT2D eigenvalue weighted by atomic mass is 16.5. The van der Waals surface area contributed by atoms with Crippen molar-refractivity contribution in [3.8, 4) is 5.75 Å². The number of carbonyl (C=O) groups excluding carboxylic acids is 1. The fourth-order valence-corrected chi connectivity index (χ4v) is 2.96. The Bertz CT molecular complexity index is 865. The normalized spacial score (nSPS) is 11.5. The van der Waals surface area contributed by atoms with Gasteiger partial charge in [0.15, 0.2) is 0 Å². The zero-order chi connectivity index (χ0) is 17.2. The number of hydrogen-bond donors (Lipinski definition) is 2. The van der Waals surface area contributed by atoms with Crippen LogP contribution >= 0.6 is 0 Å². The van der Waals surface area contributed by atoms with E-state index in [1.54, 1.807) is 19.2 Å². The predicted molar refractivity (Wildman–Crippen MR) is 96.7 cm³/mol. The summed E-state index contributed by atoms with van der Waals surface area (Å²) in [6.07, 6.45) is 2.03. The van der Waals surface area contributed by atoms with E-state index >= 15 is 0 Å². The van der Waals surface area contributed by atoms with Crippen molar-refractivity contribution in [2.75, 3.05) is 13.7 Å². The summed E-state index contributed by atoms with van der Waals surface area (Å²) < 4.78 is 5.26. The van der Waals surface area contributed by atoms with Gasteiger partial charge in [-0.3, -0.25) is 4.79 Å². The minimum Gasteiger partial charge on any atom is -0.496 e. The van der Waals surface area contributed by atoms with Gasteiger partial charge in [0.05, 0.1) is 12.7 Å². The molecule has 0 fully saturated rings. The number of methoxy groups -OCH3 is 1. The first-order chi connectivity index (χ1) is 11.5. The number of hydrogen-bond acceptors (Lipinski definition) is 2. The lowest BCUT2D eigenvalue weighted by molar-refractivity contribution is 0.0942. The van der Waals surface area contributed by atoms with Gasteiger partial charge in [-0.25, -0.2) is 0 Å². The third kappa shape index (κ3) is 3.00. The van der Waals surface area contributed by atoms with E-state index in [1.807, 2.05) is 30.5 Å². The summed E-state index contributed by atoms with van der Waals surface area (Å²) in [6.45, 7) is 4.79. The topological polar surface area (TPSA) is 54.1 Å². The number of rotatable bonds is 5. The maximum atomic E-state index is 12.5. The van der Waals surface area contributed by atoms with Crippen LogP contribution < -0.4 is 10.1 Å². The molecule has 0 unspecified atom stereocenters. The van der Waals surface area contributed by atoms with E-state index in [-0.39, 0.29) is 11.3 Å². The Labute approximate surface area is 141 Å². The van der Waals surface area contributed by atoms with Gasteiger partial charge in [-0.15, -0.1) is 0 Å². The molecule has 0 bridgehead atoms. The molecular formula is C20H22N2O2. The Morgan fingerprint density at radius 1 is 1.12 bits per heavy atom. The molecular weight excluding hydrogens is 300 g/mol. The number of H-pyrrole nitrogens is 1. The second-order valence-corrected chi connectivity index (χ2v) is 6.51. The molecule has 2 N–H and O–H groups in total. The average molecular weight is 322 g/mol. The molecule has 0 aliphatic rings. The molecule has 3 rings (SSSR count). The molecule has 1 heterocycles. The van der Waals surface area contributed by atoms with E-state index in [0.717, 1.165) is 5.52 Å². The molecule has 4 nitrogen and oxygen atoms in total. The number of benzene rings is 2. The van der Waals surface area contributed by atoms with Gasteiger partial charge in [0.2, 0.25) is 0 Å². The Morgan fingerprint density at radius 2 is 1.83 bits per heavy atom. The number of amides is 1. The van der Waals surface area contributed by atoms with E-state index in [9.17, 15) is 4.79 Å². The summed E-state index contributed by atoms with van der Waals surface area (Å²) in [5.41, 5.74) is 2.65. The fourth-order valence-electron chi connectivity index (χ4n) is 2.96. The largest absolute Gasteiger partial charge is 0.496 e. The van der Waals surface area contributed by atoms with Crippen molar-refractivity contribution >= 4 is 16.8 Å². The summed E-state index contributed by atoms with van der Waals surface area (Å²) in [5, 5.41) is 4.22. The maximum Gasteiger partial charge on any atom is 0.255 e. The minimum absolute atomic E-state index is 0.125. The van der Waals surface area contributed by atoms with Gasteiger partial charge in [-0.05, 0) is 23.8 Å². The van der Waals surface area contributed by atoms with E-state index in [2.05, 4.69) is 36.3 Å². The standard InChI is InChI=1S/C20H22N2O2/c1-20(2,16-12-21-17-10-6-4-8-14(16)17)13-22-19(23)15-9-5-7-11-18(15)24-3/h4-12,21H,13H2,1-3H3,(H,22,23). The molecule has 1 aromatic heterocycles. The number of carbonyl (C=O) groups is 1. The highest BCUT2D eigenvalue weighted by Gasteiger charge is 2.25. The highest BCUT2D eigenvalue weighted by molar-refractivity contribution is 5.97. The Balaban J connectivity index is 1.79. The number of fused-ring (bicyclic) bond motifs is 1. The lowest BCUT2D eigenvalue weighted by Gasteiger charge is -2.25. The number of aromatic amines is 1. The first kappa shape index (κ1) is 16.1. The van der Waals surface area contributed by atoms with Crippen LogP contribution in [0.4, 0.5) is 0 Å². The van der Waals surface area contributed by atoms with Crippen molar-refractivity contribution in [1.82, 2.24) is 10.3 Å². The van der Waals surface area contributed by atoms with Crippen LogP contribution in [0.1, 0.15) is 29.8 Å². The summed E-state index contributed by atoms with van der Waals surface area (Å²) in [7, 11) is 1.57. The summed E-state index contributed by atoms with van der Waals surface area (Å²) in [5.74, 6) is 0.459. The van der Waals surface area contributed by atoms with E-state index in [1.165, 1.54) is 10.9 Å². The molecule has 1 amide bonds.